The zero-order valence-electron chi connectivity index (χ0n) is 10.6. The Hall–Kier alpha value is -1.77. The lowest BCUT2D eigenvalue weighted by Crippen LogP contribution is -2.05. The number of hydrogen-bond acceptors (Lipinski definition) is 2. The summed E-state index contributed by atoms with van der Waals surface area (Å²) < 4.78 is 5.60. The molecular weight excluding hydrogens is 228 g/mol. The molecule has 0 atom stereocenters. The first-order valence-electron chi connectivity index (χ1n) is 6.30. The zero-order valence-corrected chi connectivity index (χ0v) is 10.6. The van der Waals surface area contributed by atoms with Crippen LogP contribution >= 0.6 is 0 Å². The molecular formula is C15H18O3. The molecule has 0 saturated heterocycles. The first-order chi connectivity index (χ1) is 8.65. The van der Waals surface area contributed by atoms with Crippen molar-refractivity contribution < 1.29 is 14.6 Å². The molecule has 2 rings (SSSR count). The fraction of sp³-hybridized carbons (Fsp3) is 0.400. The highest BCUT2D eigenvalue weighted by molar-refractivity contribution is 5.80. The lowest BCUT2D eigenvalue weighted by atomic mass is 9.92. The molecule has 1 aromatic carbocycles. The van der Waals surface area contributed by atoms with E-state index in [1.807, 2.05) is 6.07 Å². The van der Waals surface area contributed by atoms with Gasteiger partial charge in [-0.2, -0.15) is 0 Å². The Labute approximate surface area is 107 Å². The van der Waals surface area contributed by atoms with E-state index in [4.69, 9.17) is 9.84 Å². The van der Waals surface area contributed by atoms with Gasteiger partial charge in [0.1, 0.15) is 12.4 Å². The van der Waals surface area contributed by atoms with Crippen molar-refractivity contribution in [3.05, 3.63) is 41.0 Å². The molecule has 1 aromatic rings. The minimum Gasteiger partial charge on any atom is -0.489 e. The first-order valence-corrected chi connectivity index (χ1v) is 6.30. The molecule has 0 fully saturated rings. The van der Waals surface area contributed by atoms with Crippen LogP contribution in [0.15, 0.2) is 29.8 Å². The number of hydrogen-bond donors (Lipinski definition) is 1. The van der Waals surface area contributed by atoms with Gasteiger partial charge >= 0.3 is 5.97 Å². The molecule has 0 radical (unpaired) electrons. The maximum absolute atomic E-state index is 10.5. The Kier molecular flexibility index (Phi) is 4.03. The standard InChI is InChI=1S/C15H18O3/c1-11(8-15(16)17)10-18-14-7-6-12-4-2-3-5-13(12)9-14/h6-9H,2-5,10H2,1H3,(H,16,17). The van der Waals surface area contributed by atoms with Gasteiger partial charge in [-0.15, -0.1) is 0 Å². The maximum atomic E-state index is 10.5. The van der Waals surface area contributed by atoms with E-state index in [0.29, 0.717) is 12.2 Å². The van der Waals surface area contributed by atoms with Gasteiger partial charge in [0.05, 0.1) is 0 Å². The van der Waals surface area contributed by atoms with Gasteiger partial charge in [0.15, 0.2) is 0 Å². The van der Waals surface area contributed by atoms with E-state index < -0.39 is 5.97 Å². The normalized spacial score (nSPS) is 15.1. The largest absolute Gasteiger partial charge is 0.489 e. The molecule has 0 spiro atoms. The molecule has 0 amide bonds. The Bertz CT molecular complexity index is 475. The molecule has 0 heterocycles. The molecule has 0 saturated carbocycles. The van der Waals surface area contributed by atoms with E-state index in [9.17, 15) is 4.79 Å². The average Bonchev–Trinajstić information content (AvgIpc) is 2.35. The minimum atomic E-state index is -0.929. The summed E-state index contributed by atoms with van der Waals surface area (Å²) in [5, 5.41) is 8.61. The number of fused-ring (bicyclic) bond motifs is 1. The van der Waals surface area contributed by atoms with Crippen molar-refractivity contribution >= 4 is 5.97 Å². The molecule has 1 aliphatic rings. The number of benzene rings is 1. The van der Waals surface area contributed by atoms with Crippen LogP contribution in [0.4, 0.5) is 0 Å². The Balaban J connectivity index is 2.00. The Morgan fingerprint density at radius 2 is 2.06 bits per heavy atom. The van der Waals surface area contributed by atoms with Gasteiger partial charge in [0.2, 0.25) is 0 Å². The molecule has 1 N–H and O–H groups in total. The monoisotopic (exact) mass is 246 g/mol. The summed E-state index contributed by atoms with van der Waals surface area (Å²) in [5.41, 5.74) is 3.50. The van der Waals surface area contributed by atoms with Crippen LogP contribution in [0.25, 0.3) is 0 Å². The fourth-order valence-electron chi connectivity index (χ4n) is 2.25. The summed E-state index contributed by atoms with van der Waals surface area (Å²) >= 11 is 0. The van der Waals surface area contributed by atoms with Gasteiger partial charge in [-0.05, 0) is 61.4 Å². The molecule has 18 heavy (non-hydrogen) atoms. The van der Waals surface area contributed by atoms with E-state index in [1.54, 1.807) is 6.92 Å². The van der Waals surface area contributed by atoms with Crippen LogP contribution in [0.2, 0.25) is 0 Å². The Morgan fingerprint density at radius 1 is 1.33 bits per heavy atom. The van der Waals surface area contributed by atoms with Gasteiger partial charge < -0.3 is 9.84 Å². The third-order valence-electron chi connectivity index (χ3n) is 3.16. The van der Waals surface area contributed by atoms with Crippen LogP contribution < -0.4 is 4.74 Å². The van der Waals surface area contributed by atoms with E-state index >= 15 is 0 Å². The van der Waals surface area contributed by atoms with Crippen molar-refractivity contribution in [2.24, 2.45) is 0 Å². The summed E-state index contributed by atoms with van der Waals surface area (Å²) in [7, 11) is 0. The molecule has 3 nitrogen and oxygen atoms in total. The zero-order chi connectivity index (χ0) is 13.0. The van der Waals surface area contributed by atoms with Gasteiger partial charge in [-0.1, -0.05) is 6.07 Å². The number of carbonyl (C=O) groups is 1. The lowest BCUT2D eigenvalue weighted by Gasteiger charge is -2.16. The number of ether oxygens (including phenoxy) is 1. The third-order valence-corrected chi connectivity index (χ3v) is 3.16. The highest BCUT2D eigenvalue weighted by Crippen LogP contribution is 2.25. The number of aryl methyl sites for hydroxylation is 2. The smallest absolute Gasteiger partial charge is 0.328 e. The number of carboxylic acid groups (broad SMARTS) is 1. The van der Waals surface area contributed by atoms with E-state index in [0.717, 1.165) is 18.6 Å². The van der Waals surface area contributed by atoms with Crippen molar-refractivity contribution in [2.45, 2.75) is 32.6 Å². The molecule has 0 aliphatic heterocycles. The highest BCUT2D eigenvalue weighted by Gasteiger charge is 2.09. The predicted molar refractivity (Wildman–Crippen MR) is 70.0 cm³/mol. The lowest BCUT2D eigenvalue weighted by molar-refractivity contribution is -0.131. The quantitative estimate of drug-likeness (QED) is 0.831. The van der Waals surface area contributed by atoms with Crippen LogP contribution in [0.1, 0.15) is 30.9 Å². The van der Waals surface area contributed by atoms with Gasteiger partial charge in [0.25, 0.3) is 0 Å². The fourth-order valence-corrected chi connectivity index (χ4v) is 2.25. The van der Waals surface area contributed by atoms with Crippen LogP contribution in [0, 0.1) is 0 Å². The van der Waals surface area contributed by atoms with Crippen molar-refractivity contribution in [1.29, 1.82) is 0 Å². The summed E-state index contributed by atoms with van der Waals surface area (Å²) in [5.74, 6) is -0.102. The highest BCUT2D eigenvalue weighted by atomic mass is 16.5. The predicted octanol–water partition coefficient (Wildman–Crippen LogP) is 2.98. The maximum Gasteiger partial charge on any atom is 0.328 e. The Morgan fingerprint density at radius 3 is 2.78 bits per heavy atom. The summed E-state index contributed by atoms with van der Waals surface area (Å²) in [6, 6.07) is 6.18. The summed E-state index contributed by atoms with van der Waals surface area (Å²) in [6.07, 6.45) is 5.98. The first kappa shape index (κ1) is 12.7. The van der Waals surface area contributed by atoms with Gasteiger partial charge in [0, 0.05) is 6.08 Å². The molecule has 0 aromatic heterocycles. The van der Waals surface area contributed by atoms with Gasteiger partial charge in [-0.25, -0.2) is 4.79 Å². The SMILES string of the molecule is CC(=CC(=O)O)COc1ccc2c(c1)CCCC2. The molecule has 3 heteroatoms. The second-order valence-electron chi connectivity index (χ2n) is 4.76. The minimum absolute atomic E-state index is 0.324. The number of aliphatic carboxylic acids is 1. The van der Waals surface area contributed by atoms with Crippen LogP contribution in [0.5, 0.6) is 5.75 Å². The molecule has 0 unspecified atom stereocenters. The van der Waals surface area contributed by atoms with E-state index in [1.165, 1.54) is 30.0 Å². The number of rotatable bonds is 4. The van der Waals surface area contributed by atoms with Crippen molar-refractivity contribution in [3.63, 3.8) is 0 Å². The van der Waals surface area contributed by atoms with Crippen molar-refractivity contribution in [2.75, 3.05) is 6.61 Å². The second kappa shape index (κ2) is 5.71. The van der Waals surface area contributed by atoms with Gasteiger partial charge in [-0.3, -0.25) is 0 Å². The molecule has 96 valence electrons. The average molecular weight is 246 g/mol. The summed E-state index contributed by atoms with van der Waals surface area (Å²) in [6.45, 7) is 2.08. The van der Waals surface area contributed by atoms with Crippen molar-refractivity contribution in [3.8, 4) is 5.75 Å². The van der Waals surface area contributed by atoms with Crippen LogP contribution in [-0.4, -0.2) is 17.7 Å². The molecule has 0 bridgehead atoms. The second-order valence-corrected chi connectivity index (χ2v) is 4.76. The summed E-state index contributed by atoms with van der Waals surface area (Å²) in [4.78, 5) is 10.5. The van der Waals surface area contributed by atoms with Crippen LogP contribution in [-0.2, 0) is 17.6 Å². The third kappa shape index (κ3) is 3.36. The van der Waals surface area contributed by atoms with E-state index in [2.05, 4.69) is 12.1 Å². The van der Waals surface area contributed by atoms with Crippen LogP contribution in [0.3, 0.4) is 0 Å². The molecule has 1 aliphatic carbocycles. The number of carboxylic acids is 1. The topological polar surface area (TPSA) is 46.5 Å². The van der Waals surface area contributed by atoms with Crippen molar-refractivity contribution in [1.82, 2.24) is 0 Å². The van der Waals surface area contributed by atoms with E-state index in [-0.39, 0.29) is 0 Å².